The van der Waals surface area contributed by atoms with Gasteiger partial charge in [-0.05, 0) is 45.0 Å². The molecule has 1 N–H and O–H groups in total. The highest BCUT2D eigenvalue weighted by Gasteiger charge is 2.12. The van der Waals surface area contributed by atoms with Gasteiger partial charge in [0.1, 0.15) is 18.2 Å². The maximum Gasteiger partial charge on any atom is 0.124 e. The molecule has 1 aromatic rings. The Labute approximate surface area is 109 Å². The second-order valence-corrected chi connectivity index (χ2v) is 4.24. The molecule has 0 spiro atoms. The van der Waals surface area contributed by atoms with Crippen molar-refractivity contribution in [1.29, 1.82) is 0 Å². The summed E-state index contributed by atoms with van der Waals surface area (Å²) >= 11 is 0. The van der Waals surface area contributed by atoms with Gasteiger partial charge in [0, 0.05) is 11.6 Å². The van der Waals surface area contributed by atoms with E-state index in [1.807, 2.05) is 26.0 Å². The normalized spacial score (nSPS) is 12.9. The zero-order valence-electron chi connectivity index (χ0n) is 11.4. The van der Waals surface area contributed by atoms with Crippen molar-refractivity contribution in [2.45, 2.75) is 33.2 Å². The van der Waals surface area contributed by atoms with Crippen LogP contribution in [0.3, 0.4) is 0 Å². The second-order valence-electron chi connectivity index (χ2n) is 4.24. The number of allylic oxidation sites excluding steroid dienone is 1. The van der Waals surface area contributed by atoms with E-state index in [0.29, 0.717) is 6.61 Å². The van der Waals surface area contributed by atoms with Crippen LogP contribution >= 0.6 is 0 Å². The Morgan fingerprint density at radius 2 is 2.22 bits per heavy atom. The first kappa shape index (κ1) is 14.7. The first-order valence-electron chi connectivity index (χ1n) is 6.45. The number of ether oxygens (including phenoxy) is 1. The molecule has 0 saturated heterocycles. The highest BCUT2D eigenvalue weighted by atomic mass is 19.1. The third-order valence-corrected chi connectivity index (χ3v) is 2.71. The number of rotatable bonds is 7. The van der Waals surface area contributed by atoms with Crippen molar-refractivity contribution in [1.82, 2.24) is 5.32 Å². The fraction of sp³-hybridized carbons (Fsp3) is 0.467. The molecule has 0 heterocycles. The lowest BCUT2D eigenvalue weighted by Gasteiger charge is -2.17. The third kappa shape index (κ3) is 4.49. The van der Waals surface area contributed by atoms with Crippen LogP contribution in [-0.2, 0) is 0 Å². The van der Waals surface area contributed by atoms with Crippen LogP contribution in [-0.4, -0.2) is 13.2 Å². The highest BCUT2D eigenvalue weighted by molar-refractivity contribution is 5.36. The van der Waals surface area contributed by atoms with Crippen LogP contribution in [0.15, 0.2) is 30.4 Å². The zero-order valence-corrected chi connectivity index (χ0v) is 11.4. The number of hydrogen-bond acceptors (Lipinski definition) is 2. The van der Waals surface area contributed by atoms with Gasteiger partial charge in [-0.25, -0.2) is 4.39 Å². The highest BCUT2D eigenvalue weighted by Crippen LogP contribution is 2.26. The van der Waals surface area contributed by atoms with E-state index in [1.165, 1.54) is 6.07 Å². The van der Waals surface area contributed by atoms with E-state index in [0.717, 1.165) is 24.3 Å². The van der Waals surface area contributed by atoms with Gasteiger partial charge in [-0.1, -0.05) is 19.1 Å². The van der Waals surface area contributed by atoms with Gasteiger partial charge in [-0.3, -0.25) is 0 Å². The van der Waals surface area contributed by atoms with E-state index in [2.05, 4.69) is 12.2 Å². The maximum absolute atomic E-state index is 13.3. The predicted molar refractivity (Wildman–Crippen MR) is 73.4 cm³/mol. The summed E-state index contributed by atoms with van der Waals surface area (Å²) in [5, 5.41) is 3.34. The molecule has 0 aliphatic heterocycles. The van der Waals surface area contributed by atoms with Crippen molar-refractivity contribution >= 4 is 0 Å². The SMILES string of the molecule is CC=CCOc1ccc(F)cc1C(C)NCCC. The van der Waals surface area contributed by atoms with Crippen LogP contribution in [0, 0.1) is 5.82 Å². The molecule has 2 nitrogen and oxygen atoms in total. The molecular formula is C15H22FNO. The van der Waals surface area contributed by atoms with Crippen molar-refractivity contribution in [3.05, 3.63) is 41.7 Å². The van der Waals surface area contributed by atoms with E-state index in [-0.39, 0.29) is 11.9 Å². The molecule has 0 saturated carbocycles. The molecule has 0 aliphatic rings. The molecular weight excluding hydrogens is 229 g/mol. The number of halogens is 1. The average molecular weight is 251 g/mol. The number of nitrogens with one attached hydrogen (secondary N) is 1. The quantitative estimate of drug-likeness (QED) is 0.743. The number of hydrogen-bond donors (Lipinski definition) is 1. The lowest BCUT2D eigenvalue weighted by molar-refractivity contribution is 0.352. The van der Waals surface area contributed by atoms with E-state index >= 15 is 0 Å². The van der Waals surface area contributed by atoms with Crippen molar-refractivity contribution < 1.29 is 9.13 Å². The first-order chi connectivity index (χ1) is 8.69. The zero-order chi connectivity index (χ0) is 13.4. The van der Waals surface area contributed by atoms with Crippen molar-refractivity contribution in [3.63, 3.8) is 0 Å². The summed E-state index contributed by atoms with van der Waals surface area (Å²) in [5.41, 5.74) is 0.868. The van der Waals surface area contributed by atoms with Gasteiger partial charge in [0.25, 0.3) is 0 Å². The molecule has 0 aliphatic carbocycles. The Morgan fingerprint density at radius 1 is 1.44 bits per heavy atom. The molecule has 1 rings (SSSR count). The van der Waals surface area contributed by atoms with E-state index in [1.54, 1.807) is 12.1 Å². The minimum atomic E-state index is -0.228. The monoisotopic (exact) mass is 251 g/mol. The summed E-state index contributed by atoms with van der Waals surface area (Å²) in [4.78, 5) is 0. The lowest BCUT2D eigenvalue weighted by Crippen LogP contribution is -2.20. The minimum absolute atomic E-state index is 0.0845. The Balaban J connectivity index is 2.81. The molecule has 0 fully saturated rings. The standard InChI is InChI=1S/C15H22FNO/c1-4-6-10-18-15-8-7-13(16)11-14(15)12(3)17-9-5-2/h4,6-8,11-12,17H,5,9-10H2,1-3H3. The van der Waals surface area contributed by atoms with Crippen molar-refractivity contribution in [2.75, 3.05) is 13.2 Å². The molecule has 100 valence electrons. The largest absolute Gasteiger partial charge is 0.489 e. The predicted octanol–water partition coefficient (Wildman–Crippen LogP) is 3.84. The Kier molecular flexibility index (Phi) is 6.44. The van der Waals surface area contributed by atoms with Crippen LogP contribution in [0.1, 0.15) is 38.8 Å². The topological polar surface area (TPSA) is 21.3 Å². The van der Waals surface area contributed by atoms with Crippen LogP contribution in [0.2, 0.25) is 0 Å². The van der Waals surface area contributed by atoms with Crippen molar-refractivity contribution in [2.24, 2.45) is 0 Å². The summed E-state index contributed by atoms with van der Waals surface area (Å²) in [6, 6.07) is 4.75. The summed E-state index contributed by atoms with van der Waals surface area (Å²) in [6.07, 6.45) is 4.91. The van der Waals surface area contributed by atoms with Crippen LogP contribution in [0.5, 0.6) is 5.75 Å². The Hall–Kier alpha value is -1.35. The fourth-order valence-electron chi connectivity index (χ4n) is 1.69. The van der Waals surface area contributed by atoms with Gasteiger partial charge in [0.05, 0.1) is 0 Å². The fourth-order valence-corrected chi connectivity index (χ4v) is 1.69. The summed E-state index contributed by atoms with van der Waals surface area (Å²) < 4.78 is 19.0. The minimum Gasteiger partial charge on any atom is -0.489 e. The molecule has 0 aromatic heterocycles. The van der Waals surface area contributed by atoms with Crippen LogP contribution < -0.4 is 10.1 Å². The molecule has 1 aromatic carbocycles. The van der Waals surface area contributed by atoms with Gasteiger partial charge in [-0.2, -0.15) is 0 Å². The van der Waals surface area contributed by atoms with Crippen molar-refractivity contribution in [3.8, 4) is 5.75 Å². The number of benzene rings is 1. The summed E-state index contributed by atoms with van der Waals surface area (Å²) in [7, 11) is 0. The second kappa shape index (κ2) is 7.88. The molecule has 3 heteroatoms. The Morgan fingerprint density at radius 3 is 2.89 bits per heavy atom. The van der Waals surface area contributed by atoms with Crippen LogP contribution in [0.4, 0.5) is 4.39 Å². The van der Waals surface area contributed by atoms with E-state index in [4.69, 9.17) is 4.74 Å². The molecule has 0 radical (unpaired) electrons. The molecule has 0 amide bonds. The summed E-state index contributed by atoms with van der Waals surface area (Å²) in [6.45, 7) is 7.49. The van der Waals surface area contributed by atoms with E-state index in [9.17, 15) is 4.39 Å². The lowest BCUT2D eigenvalue weighted by atomic mass is 10.1. The average Bonchev–Trinajstić information content (AvgIpc) is 2.38. The Bertz CT molecular complexity index is 390. The molecule has 18 heavy (non-hydrogen) atoms. The van der Waals surface area contributed by atoms with E-state index < -0.39 is 0 Å². The molecule has 0 bridgehead atoms. The van der Waals surface area contributed by atoms with Gasteiger partial charge < -0.3 is 10.1 Å². The van der Waals surface area contributed by atoms with Crippen LogP contribution in [0.25, 0.3) is 0 Å². The first-order valence-corrected chi connectivity index (χ1v) is 6.45. The molecule has 1 atom stereocenters. The maximum atomic E-state index is 13.3. The van der Waals surface area contributed by atoms with Gasteiger partial charge >= 0.3 is 0 Å². The van der Waals surface area contributed by atoms with Gasteiger partial charge in [0.15, 0.2) is 0 Å². The van der Waals surface area contributed by atoms with Gasteiger partial charge in [0.2, 0.25) is 0 Å². The summed E-state index contributed by atoms with van der Waals surface area (Å²) in [5.74, 6) is 0.513. The molecule has 1 unspecified atom stereocenters. The third-order valence-electron chi connectivity index (χ3n) is 2.71. The smallest absolute Gasteiger partial charge is 0.124 e. The van der Waals surface area contributed by atoms with Gasteiger partial charge in [-0.15, -0.1) is 0 Å².